The predicted molar refractivity (Wildman–Crippen MR) is 116 cm³/mol. The van der Waals surface area contributed by atoms with E-state index in [0.717, 1.165) is 38.0 Å². The Bertz CT molecular complexity index is 658. The van der Waals surface area contributed by atoms with Gasteiger partial charge in [0.1, 0.15) is 0 Å². The van der Waals surface area contributed by atoms with E-state index in [0.29, 0.717) is 32.0 Å². The Morgan fingerprint density at radius 3 is 2.90 bits per heavy atom. The number of urea groups is 1. The van der Waals surface area contributed by atoms with Crippen LogP contribution in [0.15, 0.2) is 24.5 Å². The zero-order valence-corrected chi connectivity index (χ0v) is 18.3. The van der Waals surface area contributed by atoms with E-state index >= 15 is 0 Å². The number of aromatic nitrogens is 1. The molecule has 2 unspecified atom stereocenters. The average molecular weight is 424 g/mol. The summed E-state index contributed by atoms with van der Waals surface area (Å²) in [6.45, 7) is 8.59. The number of halogens is 1. The van der Waals surface area contributed by atoms with E-state index in [1.54, 1.807) is 6.20 Å². The van der Waals surface area contributed by atoms with Gasteiger partial charge >= 0.3 is 6.03 Å². The third-order valence-corrected chi connectivity index (χ3v) is 5.56. The maximum absolute atomic E-state index is 13.1. The van der Waals surface area contributed by atoms with E-state index < -0.39 is 0 Å². The Morgan fingerprint density at radius 2 is 2.17 bits per heavy atom. The Morgan fingerprint density at radius 1 is 1.34 bits per heavy atom. The summed E-state index contributed by atoms with van der Waals surface area (Å²) >= 11 is 0. The van der Waals surface area contributed by atoms with Crippen molar-refractivity contribution in [1.29, 1.82) is 0 Å². The Hall–Kier alpha value is -1.86. The molecule has 0 radical (unpaired) electrons. The van der Waals surface area contributed by atoms with E-state index in [1.165, 1.54) is 0 Å². The number of nitrogens with one attached hydrogen (secondary N) is 2. The molecule has 1 aromatic rings. The van der Waals surface area contributed by atoms with Crippen molar-refractivity contribution in [2.24, 2.45) is 11.8 Å². The summed E-state index contributed by atoms with van der Waals surface area (Å²) in [5, 5.41) is 6.38. The standard InChI is InChI=1S/C21H33N5O2.ClH/c1-16(2)12-24-21(28)25-9-4-5-17(15-25)11-20(27)26-10-8-23-14-19(26)18-6-3-7-22-13-18;/h3,6-7,13,16-17,19,23H,4-5,8-12,14-15H2,1-2H3,(H,24,28);1H. The Kier molecular flexibility index (Phi) is 9.17. The molecule has 2 saturated heterocycles. The van der Waals surface area contributed by atoms with Crippen LogP contribution >= 0.6 is 12.4 Å². The van der Waals surface area contributed by atoms with Gasteiger partial charge in [0, 0.05) is 58.1 Å². The predicted octanol–water partition coefficient (Wildman–Crippen LogP) is 2.44. The van der Waals surface area contributed by atoms with Crippen LogP contribution in [0.4, 0.5) is 4.79 Å². The van der Waals surface area contributed by atoms with Crippen LogP contribution in [0.2, 0.25) is 0 Å². The smallest absolute Gasteiger partial charge is 0.317 e. The van der Waals surface area contributed by atoms with Gasteiger partial charge in [-0.15, -0.1) is 12.4 Å². The van der Waals surface area contributed by atoms with Gasteiger partial charge in [-0.25, -0.2) is 4.79 Å². The Balaban J connectivity index is 0.00000300. The molecular formula is C21H34ClN5O2. The molecule has 8 heteroatoms. The molecule has 0 aliphatic carbocycles. The molecule has 7 nitrogen and oxygen atoms in total. The van der Waals surface area contributed by atoms with Gasteiger partial charge in [0.25, 0.3) is 0 Å². The second kappa shape index (κ2) is 11.4. The monoisotopic (exact) mass is 423 g/mol. The SMILES string of the molecule is CC(C)CNC(=O)N1CCCC(CC(=O)N2CCNCC2c2cccnc2)C1.Cl. The largest absolute Gasteiger partial charge is 0.338 e. The number of rotatable bonds is 5. The van der Waals surface area contributed by atoms with Gasteiger partial charge in [0.2, 0.25) is 5.91 Å². The van der Waals surface area contributed by atoms with Crippen LogP contribution in [0.3, 0.4) is 0 Å². The van der Waals surface area contributed by atoms with Crippen LogP contribution in [0.25, 0.3) is 0 Å². The van der Waals surface area contributed by atoms with Gasteiger partial charge in [0.05, 0.1) is 6.04 Å². The number of carbonyl (C=O) groups excluding carboxylic acids is 2. The van der Waals surface area contributed by atoms with Crippen molar-refractivity contribution in [1.82, 2.24) is 25.4 Å². The number of amides is 3. The molecule has 2 aliphatic rings. The summed E-state index contributed by atoms with van der Waals surface area (Å²) in [6, 6.07) is 3.98. The van der Waals surface area contributed by atoms with Crippen molar-refractivity contribution in [3.05, 3.63) is 30.1 Å². The quantitative estimate of drug-likeness (QED) is 0.762. The summed E-state index contributed by atoms with van der Waals surface area (Å²) in [4.78, 5) is 33.6. The lowest BCUT2D eigenvalue weighted by molar-refractivity contribution is -0.136. The maximum Gasteiger partial charge on any atom is 0.317 e. The zero-order chi connectivity index (χ0) is 19.9. The first-order chi connectivity index (χ1) is 13.5. The van der Waals surface area contributed by atoms with Gasteiger partial charge in [-0.05, 0) is 36.3 Å². The van der Waals surface area contributed by atoms with Crippen molar-refractivity contribution in [2.45, 2.75) is 39.2 Å². The van der Waals surface area contributed by atoms with E-state index in [-0.39, 0.29) is 36.3 Å². The highest BCUT2D eigenvalue weighted by molar-refractivity contribution is 5.85. The lowest BCUT2D eigenvalue weighted by Crippen LogP contribution is -2.50. The molecule has 2 N–H and O–H groups in total. The maximum atomic E-state index is 13.1. The van der Waals surface area contributed by atoms with Crippen LogP contribution in [0, 0.1) is 11.8 Å². The normalized spacial score (nSPS) is 22.2. The number of pyridine rings is 1. The van der Waals surface area contributed by atoms with Gasteiger partial charge in [0.15, 0.2) is 0 Å². The molecule has 0 aromatic carbocycles. The van der Waals surface area contributed by atoms with E-state index in [9.17, 15) is 9.59 Å². The molecule has 0 bridgehead atoms. The summed E-state index contributed by atoms with van der Waals surface area (Å²) in [6.07, 6.45) is 6.07. The molecule has 3 rings (SSSR count). The van der Waals surface area contributed by atoms with E-state index in [1.807, 2.05) is 28.1 Å². The molecule has 3 heterocycles. The highest BCUT2D eigenvalue weighted by atomic mass is 35.5. The third-order valence-electron chi connectivity index (χ3n) is 5.56. The van der Waals surface area contributed by atoms with Crippen molar-refractivity contribution in [3.8, 4) is 0 Å². The molecule has 3 amide bonds. The minimum Gasteiger partial charge on any atom is -0.338 e. The van der Waals surface area contributed by atoms with E-state index in [2.05, 4.69) is 29.5 Å². The fraction of sp³-hybridized carbons (Fsp3) is 0.667. The molecule has 2 aliphatic heterocycles. The second-order valence-electron chi connectivity index (χ2n) is 8.33. The summed E-state index contributed by atoms with van der Waals surface area (Å²) in [7, 11) is 0. The highest BCUT2D eigenvalue weighted by Gasteiger charge is 2.31. The lowest BCUT2D eigenvalue weighted by atomic mass is 9.93. The van der Waals surface area contributed by atoms with Crippen LogP contribution in [0.1, 0.15) is 44.7 Å². The average Bonchev–Trinajstić information content (AvgIpc) is 2.72. The third kappa shape index (κ3) is 6.57. The fourth-order valence-corrected chi connectivity index (χ4v) is 4.06. The molecule has 2 atom stereocenters. The van der Waals surface area contributed by atoms with Gasteiger partial charge in [-0.2, -0.15) is 0 Å². The number of piperazine rings is 1. The second-order valence-corrected chi connectivity index (χ2v) is 8.33. The van der Waals surface area contributed by atoms with Crippen LogP contribution < -0.4 is 10.6 Å². The number of likely N-dealkylation sites (tertiary alicyclic amines) is 1. The van der Waals surface area contributed by atoms with Crippen LogP contribution in [0.5, 0.6) is 0 Å². The minimum atomic E-state index is 0. The molecular weight excluding hydrogens is 390 g/mol. The number of carbonyl (C=O) groups is 2. The highest BCUT2D eigenvalue weighted by Crippen LogP contribution is 2.26. The van der Waals surface area contributed by atoms with Crippen LogP contribution in [-0.4, -0.2) is 66.0 Å². The number of nitrogens with zero attached hydrogens (tertiary/aromatic N) is 3. The van der Waals surface area contributed by atoms with Crippen molar-refractivity contribution in [2.75, 3.05) is 39.3 Å². The van der Waals surface area contributed by atoms with Gasteiger partial charge in [-0.1, -0.05) is 19.9 Å². The number of piperidine rings is 1. The van der Waals surface area contributed by atoms with Gasteiger partial charge < -0.3 is 20.4 Å². The lowest BCUT2D eigenvalue weighted by Gasteiger charge is -2.38. The molecule has 0 saturated carbocycles. The van der Waals surface area contributed by atoms with Crippen molar-refractivity contribution >= 4 is 24.3 Å². The summed E-state index contributed by atoms with van der Waals surface area (Å²) in [5.74, 6) is 0.850. The van der Waals surface area contributed by atoms with Crippen LogP contribution in [-0.2, 0) is 4.79 Å². The van der Waals surface area contributed by atoms with Crippen molar-refractivity contribution in [3.63, 3.8) is 0 Å². The summed E-state index contributed by atoms with van der Waals surface area (Å²) < 4.78 is 0. The molecule has 0 spiro atoms. The Labute approximate surface area is 180 Å². The minimum absolute atomic E-state index is 0. The topological polar surface area (TPSA) is 77.6 Å². The summed E-state index contributed by atoms with van der Waals surface area (Å²) in [5.41, 5.74) is 1.07. The first-order valence-corrected chi connectivity index (χ1v) is 10.5. The number of hydrogen-bond donors (Lipinski definition) is 2. The molecule has 29 heavy (non-hydrogen) atoms. The zero-order valence-electron chi connectivity index (χ0n) is 17.5. The van der Waals surface area contributed by atoms with Gasteiger partial charge in [-0.3, -0.25) is 9.78 Å². The first-order valence-electron chi connectivity index (χ1n) is 10.5. The van der Waals surface area contributed by atoms with E-state index in [4.69, 9.17) is 0 Å². The molecule has 1 aromatic heterocycles. The molecule has 2 fully saturated rings. The fourth-order valence-electron chi connectivity index (χ4n) is 4.06. The molecule has 162 valence electrons. The first kappa shape index (κ1) is 23.4. The van der Waals surface area contributed by atoms with Crippen molar-refractivity contribution < 1.29 is 9.59 Å². The number of hydrogen-bond acceptors (Lipinski definition) is 4.